The molecule has 1 aliphatic heterocycles. The topological polar surface area (TPSA) is 85.2 Å². The first-order valence-corrected chi connectivity index (χ1v) is 10.2. The van der Waals surface area contributed by atoms with Crippen molar-refractivity contribution in [3.63, 3.8) is 0 Å². The quantitative estimate of drug-likeness (QED) is 0.643. The summed E-state index contributed by atoms with van der Waals surface area (Å²) in [4.78, 5) is 27.1. The van der Waals surface area contributed by atoms with Crippen LogP contribution in [-0.2, 0) is 11.3 Å². The lowest BCUT2D eigenvalue weighted by molar-refractivity contribution is -0.121. The molecule has 1 saturated carbocycles. The van der Waals surface area contributed by atoms with E-state index in [4.69, 9.17) is 4.74 Å². The lowest BCUT2D eigenvalue weighted by Crippen LogP contribution is -2.40. The standard InChI is InChI=1S/C21H23FN6O2/c1-13-19-20(27(12-23-19)8-6-14-2-3-14)26-21(24-13)25-15-4-5-16-17(10-15)30-11-18(29)28(16)9-7-22/h4-5,10,12,14H,2-3,6-9,11H2,1H3,(H,24,25,26). The highest BCUT2D eigenvalue weighted by Gasteiger charge is 2.25. The number of hydrogen-bond donors (Lipinski definition) is 1. The van der Waals surface area contributed by atoms with Gasteiger partial charge >= 0.3 is 0 Å². The first kappa shape index (κ1) is 18.8. The van der Waals surface area contributed by atoms with Crippen LogP contribution < -0.4 is 15.0 Å². The average molecular weight is 410 g/mol. The molecule has 1 aliphatic carbocycles. The predicted molar refractivity (Wildman–Crippen MR) is 111 cm³/mol. The zero-order valence-electron chi connectivity index (χ0n) is 16.8. The summed E-state index contributed by atoms with van der Waals surface area (Å²) in [6.45, 7) is 2.14. The summed E-state index contributed by atoms with van der Waals surface area (Å²) in [6.07, 6.45) is 5.62. The number of nitrogens with zero attached hydrogens (tertiary/aromatic N) is 5. The molecule has 1 amide bonds. The molecule has 3 aromatic rings. The minimum atomic E-state index is -0.604. The van der Waals surface area contributed by atoms with Crippen LogP contribution in [0, 0.1) is 12.8 Å². The Kier molecular flexibility index (Phi) is 4.72. The Hall–Kier alpha value is -3.23. The zero-order chi connectivity index (χ0) is 20.7. The van der Waals surface area contributed by atoms with Crippen molar-refractivity contribution in [2.75, 3.05) is 30.0 Å². The Morgan fingerprint density at radius 1 is 1.27 bits per heavy atom. The maximum atomic E-state index is 12.8. The van der Waals surface area contributed by atoms with Gasteiger partial charge in [0.25, 0.3) is 5.91 Å². The van der Waals surface area contributed by atoms with Gasteiger partial charge in [-0.3, -0.25) is 4.79 Å². The van der Waals surface area contributed by atoms with Crippen LogP contribution in [0.25, 0.3) is 11.2 Å². The molecule has 0 bridgehead atoms. The van der Waals surface area contributed by atoms with Gasteiger partial charge in [-0.25, -0.2) is 14.4 Å². The Labute approximate surface area is 173 Å². The van der Waals surface area contributed by atoms with Gasteiger partial charge in [-0.05, 0) is 31.4 Å². The number of aromatic nitrogens is 4. The van der Waals surface area contributed by atoms with Gasteiger partial charge in [0, 0.05) is 18.3 Å². The summed E-state index contributed by atoms with van der Waals surface area (Å²) >= 11 is 0. The summed E-state index contributed by atoms with van der Waals surface area (Å²) in [6, 6.07) is 5.33. The van der Waals surface area contributed by atoms with Crippen molar-refractivity contribution >= 4 is 34.4 Å². The molecule has 0 saturated heterocycles. The molecule has 1 aromatic carbocycles. The minimum absolute atomic E-state index is 0.0196. The molecule has 5 rings (SSSR count). The molecule has 2 aliphatic rings. The third-order valence-corrected chi connectivity index (χ3v) is 5.58. The van der Waals surface area contributed by atoms with Crippen molar-refractivity contribution < 1.29 is 13.9 Å². The van der Waals surface area contributed by atoms with E-state index in [1.54, 1.807) is 18.2 Å². The van der Waals surface area contributed by atoms with E-state index in [9.17, 15) is 9.18 Å². The molecule has 1 N–H and O–H groups in total. The summed E-state index contributed by atoms with van der Waals surface area (Å²) in [5.41, 5.74) is 3.73. The fourth-order valence-electron chi connectivity index (χ4n) is 3.77. The second kappa shape index (κ2) is 7.55. The molecule has 1 fully saturated rings. The van der Waals surface area contributed by atoms with Crippen LogP contribution in [-0.4, -0.2) is 45.3 Å². The van der Waals surface area contributed by atoms with Gasteiger partial charge < -0.3 is 19.5 Å². The SMILES string of the molecule is Cc1nc(Nc2ccc3c(c2)OCC(=O)N3CCF)nc2c1ncn2CCC1CC1. The van der Waals surface area contributed by atoms with Crippen LogP contribution in [0.5, 0.6) is 5.75 Å². The highest BCUT2D eigenvalue weighted by atomic mass is 19.1. The van der Waals surface area contributed by atoms with Crippen molar-refractivity contribution in [2.45, 2.75) is 32.7 Å². The van der Waals surface area contributed by atoms with Crippen molar-refractivity contribution in [1.29, 1.82) is 0 Å². The lowest BCUT2D eigenvalue weighted by atomic mass is 10.2. The Balaban J connectivity index is 1.41. The van der Waals surface area contributed by atoms with Crippen molar-refractivity contribution in [3.05, 3.63) is 30.2 Å². The molecular weight excluding hydrogens is 387 g/mol. The average Bonchev–Trinajstić information content (AvgIpc) is 3.47. The first-order valence-electron chi connectivity index (χ1n) is 10.2. The largest absolute Gasteiger partial charge is 0.481 e. The normalized spacial score (nSPS) is 15.9. The summed E-state index contributed by atoms with van der Waals surface area (Å²) in [7, 11) is 0. The highest BCUT2D eigenvalue weighted by molar-refractivity contribution is 5.98. The number of alkyl halides is 1. The molecule has 9 heteroatoms. The molecule has 3 heterocycles. The van der Waals surface area contributed by atoms with Crippen LogP contribution in [0.3, 0.4) is 0 Å². The fraction of sp³-hybridized carbons (Fsp3) is 0.429. The molecule has 0 unspecified atom stereocenters. The number of carbonyl (C=O) groups is 1. The van der Waals surface area contributed by atoms with E-state index in [-0.39, 0.29) is 19.1 Å². The Morgan fingerprint density at radius 3 is 2.93 bits per heavy atom. The number of rotatable bonds is 7. The number of aryl methyl sites for hydroxylation is 2. The number of hydrogen-bond acceptors (Lipinski definition) is 6. The first-order chi connectivity index (χ1) is 14.6. The number of amides is 1. The van der Waals surface area contributed by atoms with Crippen LogP contribution in [0.4, 0.5) is 21.7 Å². The number of benzene rings is 1. The number of imidazole rings is 1. The lowest BCUT2D eigenvalue weighted by Gasteiger charge is -2.28. The van der Waals surface area contributed by atoms with Gasteiger partial charge in [0.1, 0.15) is 17.9 Å². The van der Waals surface area contributed by atoms with Gasteiger partial charge in [-0.2, -0.15) is 4.98 Å². The molecule has 0 atom stereocenters. The van der Waals surface area contributed by atoms with Gasteiger partial charge in [0.2, 0.25) is 5.95 Å². The Morgan fingerprint density at radius 2 is 2.13 bits per heavy atom. The highest BCUT2D eigenvalue weighted by Crippen LogP contribution is 2.35. The summed E-state index contributed by atoms with van der Waals surface area (Å²) in [5.74, 6) is 1.59. The van der Waals surface area contributed by atoms with E-state index < -0.39 is 6.67 Å². The van der Waals surface area contributed by atoms with E-state index in [0.717, 1.165) is 41.4 Å². The number of halogens is 1. The molecule has 0 radical (unpaired) electrons. The zero-order valence-corrected chi connectivity index (χ0v) is 16.8. The predicted octanol–water partition coefficient (Wildman–Crippen LogP) is 3.37. The molecule has 2 aromatic heterocycles. The maximum Gasteiger partial charge on any atom is 0.265 e. The monoisotopic (exact) mass is 410 g/mol. The number of ether oxygens (including phenoxy) is 1. The molecule has 156 valence electrons. The van der Waals surface area contributed by atoms with Crippen LogP contribution in [0.1, 0.15) is 25.0 Å². The second-order valence-corrected chi connectivity index (χ2v) is 7.81. The van der Waals surface area contributed by atoms with E-state index >= 15 is 0 Å². The van der Waals surface area contributed by atoms with Crippen LogP contribution in [0.2, 0.25) is 0 Å². The van der Waals surface area contributed by atoms with Gasteiger partial charge in [0.15, 0.2) is 12.3 Å². The van der Waals surface area contributed by atoms with Crippen molar-refractivity contribution in [3.8, 4) is 5.75 Å². The van der Waals surface area contributed by atoms with Gasteiger partial charge in [-0.1, -0.05) is 12.8 Å². The van der Waals surface area contributed by atoms with E-state index in [0.29, 0.717) is 17.4 Å². The van der Waals surface area contributed by atoms with Crippen LogP contribution >= 0.6 is 0 Å². The summed E-state index contributed by atoms with van der Waals surface area (Å²) < 4.78 is 20.4. The molecular formula is C21H23FN6O2. The van der Waals surface area contributed by atoms with E-state index in [1.165, 1.54) is 17.7 Å². The van der Waals surface area contributed by atoms with Gasteiger partial charge in [-0.15, -0.1) is 0 Å². The van der Waals surface area contributed by atoms with Gasteiger partial charge in [0.05, 0.1) is 24.3 Å². The number of fused-ring (bicyclic) bond motifs is 2. The van der Waals surface area contributed by atoms with Crippen molar-refractivity contribution in [1.82, 2.24) is 19.5 Å². The maximum absolute atomic E-state index is 12.8. The third kappa shape index (κ3) is 3.55. The smallest absolute Gasteiger partial charge is 0.265 e. The minimum Gasteiger partial charge on any atom is -0.481 e. The van der Waals surface area contributed by atoms with E-state index in [2.05, 4.69) is 24.8 Å². The molecule has 30 heavy (non-hydrogen) atoms. The van der Waals surface area contributed by atoms with E-state index in [1.807, 2.05) is 13.3 Å². The number of carbonyl (C=O) groups excluding carboxylic acids is 1. The van der Waals surface area contributed by atoms with Crippen molar-refractivity contribution in [2.24, 2.45) is 5.92 Å². The second-order valence-electron chi connectivity index (χ2n) is 7.81. The summed E-state index contributed by atoms with van der Waals surface area (Å²) in [5, 5.41) is 3.22. The Bertz CT molecular complexity index is 1110. The molecule has 8 nitrogen and oxygen atoms in total. The fourth-order valence-corrected chi connectivity index (χ4v) is 3.77. The number of nitrogens with one attached hydrogen (secondary N) is 1. The number of anilines is 3. The third-order valence-electron chi connectivity index (χ3n) is 5.58. The van der Waals surface area contributed by atoms with Crippen LogP contribution in [0.15, 0.2) is 24.5 Å². The molecule has 0 spiro atoms.